The first-order valence-electron chi connectivity index (χ1n) is 8.74. The van der Waals surface area contributed by atoms with E-state index in [0.717, 1.165) is 48.4 Å². The van der Waals surface area contributed by atoms with Gasteiger partial charge in [0.15, 0.2) is 0 Å². The Morgan fingerprint density at radius 1 is 1.07 bits per heavy atom. The molecule has 0 saturated heterocycles. The van der Waals surface area contributed by atoms with E-state index in [1.165, 1.54) is 16.9 Å². The zero-order chi connectivity index (χ0) is 19.3. The van der Waals surface area contributed by atoms with Gasteiger partial charge in [-0.05, 0) is 48.6 Å². The summed E-state index contributed by atoms with van der Waals surface area (Å²) in [5, 5.41) is 12.4. The predicted molar refractivity (Wildman–Crippen MR) is 109 cm³/mol. The van der Waals surface area contributed by atoms with E-state index in [1.54, 1.807) is 12.4 Å². The smallest absolute Gasteiger partial charge is 0.203 e. The highest BCUT2D eigenvalue weighted by Crippen LogP contribution is 2.14. The number of rotatable bonds is 8. The highest BCUT2D eigenvalue weighted by atomic mass is 32.1. The predicted octanol–water partition coefficient (Wildman–Crippen LogP) is 2.95. The van der Waals surface area contributed by atoms with Crippen molar-refractivity contribution in [3.8, 4) is 0 Å². The molecule has 0 amide bonds. The summed E-state index contributed by atoms with van der Waals surface area (Å²) in [5.74, 6) is 0.906. The van der Waals surface area contributed by atoms with Crippen LogP contribution in [0.2, 0.25) is 0 Å². The number of hydrogen-bond donors (Lipinski definition) is 2. The quantitative estimate of drug-likeness (QED) is 0.454. The van der Waals surface area contributed by atoms with Gasteiger partial charge in [0.25, 0.3) is 0 Å². The number of nitrogen functional groups attached to an aromatic ring is 1. The number of aromatic nitrogens is 4. The Balaban J connectivity index is 0.000000244. The molecule has 0 atom stereocenters. The van der Waals surface area contributed by atoms with Crippen LogP contribution in [0.15, 0.2) is 42.9 Å². The molecule has 0 aliphatic carbocycles. The third-order valence-corrected chi connectivity index (χ3v) is 4.55. The van der Waals surface area contributed by atoms with Gasteiger partial charge in [-0.2, -0.15) is 0 Å². The van der Waals surface area contributed by atoms with Crippen LogP contribution >= 0.6 is 11.3 Å². The zero-order valence-corrected chi connectivity index (χ0v) is 16.2. The Hall–Kier alpha value is -2.87. The molecule has 142 valence electrons. The minimum Gasteiger partial charge on any atom is -0.374 e. The summed E-state index contributed by atoms with van der Waals surface area (Å²) in [6.45, 7) is 0. The third-order valence-electron chi connectivity index (χ3n) is 3.74. The fraction of sp³-hybridized carbons (Fsp3) is 0.316. The summed E-state index contributed by atoms with van der Waals surface area (Å²) in [6, 6.07) is 7.77. The van der Waals surface area contributed by atoms with Crippen LogP contribution in [0.5, 0.6) is 0 Å². The Labute approximate surface area is 163 Å². The molecule has 0 aromatic carbocycles. The van der Waals surface area contributed by atoms with Gasteiger partial charge in [-0.1, -0.05) is 17.4 Å². The largest absolute Gasteiger partial charge is 0.374 e. The first kappa shape index (κ1) is 20.4. The van der Waals surface area contributed by atoms with E-state index >= 15 is 0 Å². The molecule has 0 spiro atoms. The van der Waals surface area contributed by atoms with Crippen molar-refractivity contribution in [3.05, 3.63) is 59.0 Å². The average molecular weight is 385 g/mol. The molecule has 8 heteroatoms. The van der Waals surface area contributed by atoms with Crippen LogP contribution < -0.4 is 11.1 Å². The van der Waals surface area contributed by atoms with Crippen molar-refractivity contribution < 1.29 is 4.79 Å². The second-order valence-electron chi connectivity index (χ2n) is 5.77. The fourth-order valence-electron chi connectivity index (χ4n) is 2.31. The van der Waals surface area contributed by atoms with E-state index in [1.807, 2.05) is 31.4 Å². The lowest BCUT2D eigenvalue weighted by atomic mass is 10.1. The second-order valence-corrected chi connectivity index (χ2v) is 6.86. The molecule has 3 rings (SSSR count). The van der Waals surface area contributed by atoms with Crippen molar-refractivity contribution in [2.45, 2.75) is 32.1 Å². The molecule has 0 radical (unpaired) electrons. The van der Waals surface area contributed by atoms with Gasteiger partial charge >= 0.3 is 0 Å². The summed E-state index contributed by atoms with van der Waals surface area (Å²) in [5.41, 5.74) is 7.82. The first-order valence-corrected chi connectivity index (χ1v) is 9.56. The molecule has 0 fully saturated rings. The van der Waals surface area contributed by atoms with Gasteiger partial charge in [-0.3, -0.25) is 4.98 Å². The summed E-state index contributed by atoms with van der Waals surface area (Å²) in [7, 11) is 1.87. The summed E-state index contributed by atoms with van der Waals surface area (Å²) in [6.07, 6.45) is 10.9. The molecule has 27 heavy (non-hydrogen) atoms. The molecule has 0 aliphatic heterocycles. The Bertz CT molecular complexity index is 791. The lowest BCUT2D eigenvalue weighted by molar-refractivity contribution is -0.107. The van der Waals surface area contributed by atoms with E-state index in [9.17, 15) is 4.79 Å². The number of nitrogens with two attached hydrogens (primary N) is 1. The second kappa shape index (κ2) is 11.7. The SMILES string of the molecule is CNc1ccc(CCCCc2nnc(N)s2)cn1.O=CCc1ccncc1. The Morgan fingerprint density at radius 2 is 1.85 bits per heavy atom. The topological polar surface area (TPSA) is 107 Å². The van der Waals surface area contributed by atoms with E-state index in [4.69, 9.17) is 5.73 Å². The lowest BCUT2D eigenvalue weighted by Gasteiger charge is -2.02. The van der Waals surface area contributed by atoms with E-state index in [0.29, 0.717) is 11.6 Å². The fourth-order valence-corrected chi connectivity index (χ4v) is 2.96. The van der Waals surface area contributed by atoms with Crippen molar-refractivity contribution in [1.82, 2.24) is 20.2 Å². The van der Waals surface area contributed by atoms with E-state index < -0.39 is 0 Å². The van der Waals surface area contributed by atoms with Crippen LogP contribution in [0.1, 0.15) is 29.0 Å². The molecular formula is C19H24N6OS. The normalized spacial score (nSPS) is 9.96. The lowest BCUT2D eigenvalue weighted by Crippen LogP contribution is -1.94. The van der Waals surface area contributed by atoms with E-state index in [-0.39, 0.29) is 0 Å². The van der Waals surface area contributed by atoms with Crippen LogP contribution in [0.25, 0.3) is 0 Å². The summed E-state index contributed by atoms with van der Waals surface area (Å²) < 4.78 is 0. The first-order chi connectivity index (χ1) is 13.2. The highest BCUT2D eigenvalue weighted by Gasteiger charge is 2.01. The third kappa shape index (κ3) is 7.91. The number of aldehydes is 1. The molecule has 0 saturated carbocycles. The van der Waals surface area contributed by atoms with Crippen molar-refractivity contribution in [2.24, 2.45) is 0 Å². The summed E-state index contributed by atoms with van der Waals surface area (Å²) >= 11 is 1.47. The van der Waals surface area contributed by atoms with Crippen molar-refractivity contribution in [3.63, 3.8) is 0 Å². The Kier molecular flexibility index (Phi) is 8.85. The van der Waals surface area contributed by atoms with Gasteiger partial charge in [0, 0.05) is 38.5 Å². The molecule has 0 aliphatic rings. The number of unbranched alkanes of at least 4 members (excludes halogenated alkanes) is 1. The summed E-state index contributed by atoms with van der Waals surface area (Å²) in [4.78, 5) is 18.1. The number of carbonyl (C=O) groups excluding carboxylic acids is 1. The van der Waals surface area contributed by atoms with Crippen LogP contribution in [0.3, 0.4) is 0 Å². The standard InChI is InChI=1S/C12H17N5S.C7H7NO/c1-14-10-7-6-9(8-15-10)4-2-3-5-11-16-17-12(13)18-11;9-6-3-7-1-4-8-5-2-7/h6-8H,2-5H2,1H3,(H2,13,17)(H,14,15);1-2,4-6H,3H2. The molecule has 3 heterocycles. The monoisotopic (exact) mass is 384 g/mol. The molecule has 0 bridgehead atoms. The van der Waals surface area contributed by atoms with Crippen molar-refractivity contribution in [2.75, 3.05) is 18.1 Å². The number of nitrogens with one attached hydrogen (secondary N) is 1. The maximum atomic E-state index is 9.95. The molecule has 3 aromatic rings. The van der Waals surface area contributed by atoms with Crippen LogP contribution in [-0.2, 0) is 24.1 Å². The van der Waals surface area contributed by atoms with Crippen LogP contribution in [0, 0.1) is 0 Å². The van der Waals surface area contributed by atoms with Gasteiger partial charge in [0.2, 0.25) is 5.13 Å². The van der Waals surface area contributed by atoms with Gasteiger partial charge in [0.1, 0.15) is 17.1 Å². The van der Waals surface area contributed by atoms with E-state index in [2.05, 4.69) is 31.5 Å². The zero-order valence-electron chi connectivity index (χ0n) is 15.3. The van der Waals surface area contributed by atoms with Gasteiger partial charge < -0.3 is 15.8 Å². The van der Waals surface area contributed by atoms with Gasteiger partial charge in [-0.25, -0.2) is 4.98 Å². The minimum atomic E-state index is 0.489. The number of anilines is 2. The maximum Gasteiger partial charge on any atom is 0.203 e. The Morgan fingerprint density at radius 3 is 2.44 bits per heavy atom. The molecule has 0 unspecified atom stereocenters. The van der Waals surface area contributed by atoms with Gasteiger partial charge in [-0.15, -0.1) is 10.2 Å². The maximum absolute atomic E-state index is 9.95. The number of pyridine rings is 2. The average Bonchev–Trinajstić information content (AvgIpc) is 3.12. The number of carbonyl (C=O) groups is 1. The van der Waals surface area contributed by atoms with Crippen LogP contribution in [0.4, 0.5) is 10.9 Å². The molecule has 3 N–H and O–H groups in total. The number of aryl methyl sites for hydroxylation is 2. The highest BCUT2D eigenvalue weighted by molar-refractivity contribution is 7.15. The van der Waals surface area contributed by atoms with Crippen molar-refractivity contribution in [1.29, 1.82) is 0 Å². The molecule has 7 nitrogen and oxygen atoms in total. The van der Waals surface area contributed by atoms with Crippen LogP contribution in [-0.4, -0.2) is 33.5 Å². The number of hydrogen-bond acceptors (Lipinski definition) is 8. The molecule has 3 aromatic heterocycles. The minimum absolute atomic E-state index is 0.489. The number of nitrogens with zero attached hydrogens (tertiary/aromatic N) is 4. The van der Waals surface area contributed by atoms with Crippen molar-refractivity contribution >= 4 is 28.6 Å². The van der Waals surface area contributed by atoms with Gasteiger partial charge in [0.05, 0.1) is 0 Å². The molecular weight excluding hydrogens is 360 g/mol.